The van der Waals surface area contributed by atoms with Gasteiger partial charge in [0.1, 0.15) is 0 Å². The van der Waals surface area contributed by atoms with E-state index in [0.717, 1.165) is 25.9 Å². The number of hydrogen-bond acceptors (Lipinski definition) is 5. The molecule has 1 saturated heterocycles. The second kappa shape index (κ2) is 6.31. The number of sulfonamides is 1. The van der Waals surface area contributed by atoms with Gasteiger partial charge in [-0.25, -0.2) is 13.1 Å². The molecule has 1 aromatic heterocycles. The standard InChI is InChI=1S/C12H17NO5S/c14-9-11-4-5-12(18-11)19(15,16)13-7-6-10-3-1-2-8-17-10/h4-5,9-10,13H,1-3,6-8H2. The minimum Gasteiger partial charge on any atom is -0.440 e. The Balaban J connectivity index is 1.85. The highest BCUT2D eigenvalue weighted by molar-refractivity contribution is 7.89. The molecule has 7 heteroatoms. The van der Waals surface area contributed by atoms with E-state index in [1.165, 1.54) is 12.1 Å². The van der Waals surface area contributed by atoms with Crippen LogP contribution in [0.2, 0.25) is 0 Å². The molecule has 2 heterocycles. The van der Waals surface area contributed by atoms with Gasteiger partial charge in [-0.3, -0.25) is 4.79 Å². The first-order chi connectivity index (χ1) is 9.12. The van der Waals surface area contributed by atoms with Gasteiger partial charge in [-0.15, -0.1) is 0 Å². The minimum absolute atomic E-state index is 0.00371. The molecular weight excluding hydrogens is 270 g/mol. The molecule has 1 N–H and O–H groups in total. The molecule has 1 unspecified atom stereocenters. The highest BCUT2D eigenvalue weighted by Crippen LogP contribution is 2.16. The van der Waals surface area contributed by atoms with Crippen molar-refractivity contribution in [3.05, 3.63) is 17.9 Å². The third-order valence-corrected chi connectivity index (χ3v) is 4.35. The smallest absolute Gasteiger partial charge is 0.273 e. The van der Waals surface area contributed by atoms with Gasteiger partial charge in [0.15, 0.2) is 12.0 Å². The summed E-state index contributed by atoms with van der Waals surface area (Å²) >= 11 is 0. The van der Waals surface area contributed by atoms with Crippen LogP contribution in [-0.4, -0.2) is 34.0 Å². The van der Waals surface area contributed by atoms with Gasteiger partial charge in [0.05, 0.1) is 6.10 Å². The number of carbonyl (C=O) groups excluding carboxylic acids is 1. The summed E-state index contributed by atoms with van der Waals surface area (Å²) < 4.78 is 36.5. The summed E-state index contributed by atoms with van der Waals surface area (Å²) in [7, 11) is -3.68. The van der Waals surface area contributed by atoms with E-state index in [4.69, 9.17) is 9.15 Å². The van der Waals surface area contributed by atoms with Gasteiger partial charge in [0, 0.05) is 13.2 Å². The lowest BCUT2D eigenvalue weighted by Crippen LogP contribution is -2.29. The van der Waals surface area contributed by atoms with Crippen molar-refractivity contribution in [2.45, 2.75) is 36.9 Å². The van der Waals surface area contributed by atoms with Crippen LogP contribution >= 0.6 is 0 Å². The second-order valence-corrected chi connectivity index (χ2v) is 6.15. The zero-order chi connectivity index (χ0) is 13.7. The molecule has 0 aliphatic carbocycles. The van der Waals surface area contributed by atoms with Crippen LogP contribution in [0.4, 0.5) is 0 Å². The summed E-state index contributed by atoms with van der Waals surface area (Å²) in [5.41, 5.74) is 0. The van der Waals surface area contributed by atoms with Crippen LogP contribution in [-0.2, 0) is 14.8 Å². The molecule has 1 atom stereocenters. The van der Waals surface area contributed by atoms with E-state index in [9.17, 15) is 13.2 Å². The van der Waals surface area contributed by atoms with Crippen molar-refractivity contribution in [2.75, 3.05) is 13.2 Å². The van der Waals surface area contributed by atoms with Crippen molar-refractivity contribution in [2.24, 2.45) is 0 Å². The van der Waals surface area contributed by atoms with Crippen LogP contribution in [0.1, 0.15) is 36.2 Å². The van der Waals surface area contributed by atoms with Gasteiger partial charge in [-0.1, -0.05) is 0 Å². The molecule has 0 aromatic carbocycles. The van der Waals surface area contributed by atoms with Gasteiger partial charge in [0.2, 0.25) is 5.09 Å². The van der Waals surface area contributed by atoms with Crippen molar-refractivity contribution in [3.63, 3.8) is 0 Å². The number of hydrogen-bond donors (Lipinski definition) is 1. The third kappa shape index (κ3) is 3.89. The average Bonchev–Trinajstić information content (AvgIpc) is 2.89. The summed E-state index contributed by atoms with van der Waals surface area (Å²) in [6.07, 6.45) is 4.40. The number of rotatable bonds is 6. The molecule has 0 saturated carbocycles. The van der Waals surface area contributed by atoms with Crippen LogP contribution in [0.3, 0.4) is 0 Å². The number of aldehydes is 1. The SMILES string of the molecule is O=Cc1ccc(S(=O)(=O)NCCC2CCCCO2)o1. The van der Waals surface area contributed by atoms with Gasteiger partial charge in [-0.05, 0) is 37.8 Å². The fraction of sp³-hybridized carbons (Fsp3) is 0.583. The first kappa shape index (κ1) is 14.2. The number of ether oxygens (including phenoxy) is 1. The van der Waals surface area contributed by atoms with E-state index in [1.807, 2.05) is 0 Å². The molecule has 1 aromatic rings. The summed E-state index contributed by atoms with van der Waals surface area (Å²) in [4.78, 5) is 10.4. The Hall–Kier alpha value is -1.18. The van der Waals surface area contributed by atoms with Crippen LogP contribution in [0.5, 0.6) is 0 Å². The van der Waals surface area contributed by atoms with Crippen molar-refractivity contribution in [3.8, 4) is 0 Å². The highest BCUT2D eigenvalue weighted by atomic mass is 32.2. The third-order valence-electron chi connectivity index (χ3n) is 3.02. The Kier molecular flexibility index (Phi) is 4.73. The Morgan fingerprint density at radius 3 is 2.84 bits per heavy atom. The fourth-order valence-electron chi connectivity index (χ4n) is 2.00. The highest BCUT2D eigenvalue weighted by Gasteiger charge is 2.20. The van der Waals surface area contributed by atoms with Crippen molar-refractivity contribution < 1.29 is 22.4 Å². The van der Waals surface area contributed by atoms with E-state index in [0.29, 0.717) is 19.3 Å². The van der Waals surface area contributed by atoms with Crippen LogP contribution < -0.4 is 4.72 Å². The summed E-state index contributed by atoms with van der Waals surface area (Å²) in [5.74, 6) is -0.00371. The van der Waals surface area contributed by atoms with E-state index in [2.05, 4.69) is 4.72 Å². The van der Waals surface area contributed by atoms with Crippen molar-refractivity contribution in [1.29, 1.82) is 0 Å². The maximum Gasteiger partial charge on any atom is 0.273 e. The van der Waals surface area contributed by atoms with Gasteiger partial charge in [-0.2, -0.15) is 0 Å². The molecule has 19 heavy (non-hydrogen) atoms. The van der Waals surface area contributed by atoms with Gasteiger partial charge >= 0.3 is 0 Å². The Morgan fingerprint density at radius 2 is 2.21 bits per heavy atom. The Bertz CT molecular complexity index is 516. The summed E-state index contributed by atoms with van der Waals surface area (Å²) in [6.45, 7) is 1.04. The fourth-order valence-corrected chi connectivity index (χ4v) is 2.98. The largest absolute Gasteiger partial charge is 0.440 e. The topological polar surface area (TPSA) is 85.6 Å². The second-order valence-electron chi connectivity index (χ2n) is 4.45. The predicted octanol–water partition coefficient (Wildman–Crippen LogP) is 1.33. The maximum atomic E-state index is 11.8. The molecule has 0 bridgehead atoms. The number of nitrogens with one attached hydrogen (secondary N) is 1. The predicted molar refractivity (Wildman–Crippen MR) is 67.5 cm³/mol. The number of furan rings is 1. The lowest BCUT2D eigenvalue weighted by atomic mass is 10.1. The Morgan fingerprint density at radius 1 is 1.37 bits per heavy atom. The molecular formula is C12H17NO5S. The molecule has 1 fully saturated rings. The molecule has 0 spiro atoms. The lowest BCUT2D eigenvalue weighted by Gasteiger charge is -2.22. The maximum absolute atomic E-state index is 11.8. The van der Waals surface area contributed by atoms with Crippen molar-refractivity contribution in [1.82, 2.24) is 4.72 Å². The lowest BCUT2D eigenvalue weighted by molar-refractivity contribution is 0.0123. The van der Waals surface area contributed by atoms with Gasteiger partial charge < -0.3 is 9.15 Å². The molecule has 1 aliphatic heterocycles. The van der Waals surface area contributed by atoms with Crippen molar-refractivity contribution >= 4 is 16.3 Å². The normalized spacial score (nSPS) is 20.3. The summed E-state index contributed by atoms with van der Waals surface area (Å²) in [5, 5.41) is -0.237. The zero-order valence-electron chi connectivity index (χ0n) is 10.5. The minimum atomic E-state index is -3.68. The first-order valence-corrected chi connectivity index (χ1v) is 7.76. The molecule has 106 valence electrons. The van der Waals surface area contributed by atoms with E-state index >= 15 is 0 Å². The monoisotopic (exact) mass is 287 g/mol. The summed E-state index contributed by atoms with van der Waals surface area (Å²) in [6, 6.07) is 2.59. The Labute approximate surface area is 112 Å². The first-order valence-electron chi connectivity index (χ1n) is 6.28. The van der Waals surface area contributed by atoms with Gasteiger partial charge in [0.25, 0.3) is 10.0 Å². The quantitative estimate of drug-likeness (QED) is 0.798. The van der Waals surface area contributed by atoms with E-state index in [-0.39, 0.29) is 17.0 Å². The molecule has 1 aliphatic rings. The zero-order valence-corrected chi connectivity index (χ0v) is 11.3. The molecule has 0 radical (unpaired) electrons. The average molecular weight is 287 g/mol. The molecule has 2 rings (SSSR count). The van der Waals surface area contributed by atoms with Crippen LogP contribution in [0.15, 0.2) is 21.6 Å². The van der Waals surface area contributed by atoms with Crippen LogP contribution in [0.25, 0.3) is 0 Å². The number of carbonyl (C=O) groups is 1. The van der Waals surface area contributed by atoms with Crippen LogP contribution in [0, 0.1) is 0 Å². The molecule has 0 amide bonds. The van der Waals surface area contributed by atoms with E-state index < -0.39 is 10.0 Å². The van der Waals surface area contributed by atoms with E-state index in [1.54, 1.807) is 0 Å². The molecule has 6 nitrogen and oxygen atoms in total.